The molecule has 3 aromatic heterocycles. The van der Waals surface area contributed by atoms with Crippen molar-refractivity contribution in [3.05, 3.63) is 35.4 Å². The lowest BCUT2D eigenvalue weighted by Gasteiger charge is -2.17. The van der Waals surface area contributed by atoms with Gasteiger partial charge in [0.2, 0.25) is 0 Å². The highest BCUT2D eigenvalue weighted by atomic mass is 35.5. The molecule has 1 unspecified atom stereocenters. The minimum Gasteiger partial charge on any atom is -0.466 e. The first-order valence-corrected chi connectivity index (χ1v) is 9.84. The number of aryl methyl sites for hydroxylation is 2. The van der Waals surface area contributed by atoms with E-state index in [1.807, 2.05) is 35.6 Å². The van der Waals surface area contributed by atoms with E-state index < -0.39 is 0 Å². The van der Waals surface area contributed by atoms with E-state index >= 15 is 0 Å². The molecule has 1 atom stereocenters. The minimum atomic E-state index is 0. The first kappa shape index (κ1) is 24.2. The van der Waals surface area contributed by atoms with Crippen LogP contribution < -0.4 is 5.73 Å². The molecule has 1 aliphatic rings. The van der Waals surface area contributed by atoms with Gasteiger partial charge in [0.25, 0.3) is 5.91 Å². The van der Waals surface area contributed by atoms with Gasteiger partial charge in [0.1, 0.15) is 11.5 Å². The molecule has 4 rings (SSSR count). The summed E-state index contributed by atoms with van der Waals surface area (Å²) in [7, 11) is 0. The summed E-state index contributed by atoms with van der Waals surface area (Å²) < 4.78 is 7.56. The third kappa shape index (κ3) is 4.19. The molecule has 0 aromatic carbocycles. The molecule has 164 valence electrons. The molecule has 30 heavy (non-hydrogen) atoms. The fourth-order valence-electron chi connectivity index (χ4n) is 3.98. The van der Waals surface area contributed by atoms with Crippen LogP contribution in [0.3, 0.4) is 0 Å². The average Bonchev–Trinajstić information content (AvgIpc) is 3.37. The number of hydrogen-bond donors (Lipinski definition) is 1. The summed E-state index contributed by atoms with van der Waals surface area (Å²) in [6, 6.07) is 3.99. The maximum atomic E-state index is 13.4. The summed E-state index contributed by atoms with van der Waals surface area (Å²) >= 11 is 0. The Balaban J connectivity index is 0.00000160. The smallest absolute Gasteiger partial charge is 0.254 e. The molecule has 0 radical (unpaired) electrons. The summed E-state index contributed by atoms with van der Waals surface area (Å²) in [5, 5.41) is 5.29. The molecule has 3 aromatic rings. The van der Waals surface area contributed by atoms with Gasteiger partial charge < -0.3 is 15.1 Å². The predicted molar refractivity (Wildman–Crippen MR) is 123 cm³/mol. The van der Waals surface area contributed by atoms with Crippen LogP contribution in [0.1, 0.15) is 48.2 Å². The molecule has 0 aliphatic carbocycles. The van der Waals surface area contributed by atoms with E-state index in [-0.39, 0.29) is 36.8 Å². The van der Waals surface area contributed by atoms with E-state index in [2.05, 4.69) is 18.9 Å². The van der Waals surface area contributed by atoms with Crippen LogP contribution in [0, 0.1) is 19.8 Å². The number of nitrogens with zero attached hydrogens (tertiary/aromatic N) is 4. The van der Waals surface area contributed by atoms with Crippen LogP contribution in [-0.4, -0.2) is 45.2 Å². The minimum absolute atomic E-state index is 0. The van der Waals surface area contributed by atoms with Crippen LogP contribution in [0.4, 0.5) is 0 Å². The third-order valence-electron chi connectivity index (χ3n) is 5.51. The number of furan rings is 1. The standard InChI is InChI=1S/C21H27N5O2.2ClH/c1-12(2)26-20-18(10-23-26)17(21(27)25-6-5-15(9-22)11-25)8-19(24-20)16-7-13(3)28-14(16)4;;/h7-8,10,12,15H,5-6,9,11,22H2,1-4H3;2*1H. The number of halogens is 2. The molecule has 0 bridgehead atoms. The number of pyridine rings is 1. The fraction of sp³-hybridized carbons (Fsp3) is 0.476. The Morgan fingerprint density at radius 2 is 2.03 bits per heavy atom. The lowest BCUT2D eigenvalue weighted by atomic mass is 10.1. The second-order valence-electron chi connectivity index (χ2n) is 7.94. The molecule has 9 heteroatoms. The van der Waals surface area contributed by atoms with Crippen LogP contribution in [-0.2, 0) is 0 Å². The number of hydrogen-bond acceptors (Lipinski definition) is 5. The van der Waals surface area contributed by atoms with Crippen molar-refractivity contribution in [2.45, 2.75) is 40.2 Å². The molecule has 1 fully saturated rings. The number of likely N-dealkylation sites (tertiary alicyclic amines) is 1. The summed E-state index contributed by atoms with van der Waals surface area (Å²) in [4.78, 5) is 20.1. The van der Waals surface area contributed by atoms with Crippen LogP contribution >= 0.6 is 24.8 Å². The monoisotopic (exact) mass is 453 g/mol. The molecular weight excluding hydrogens is 425 g/mol. The number of rotatable bonds is 4. The molecule has 2 N–H and O–H groups in total. The highest BCUT2D eigenvalue weighted by molar-refractivity contribution is 6.06. The van der Waals surface area contributed by atoms with Crippen molar-refractivity contribution in [2.24, 2.45) is 11.7 Å². The maximum absolute atomic E-state index is 13.4. The van der Waals surface area contributed by atoms with Crippen LogP contribution in [0.5, 0.6) is 0 Å². The van der Waals surface area contributed by atoms with Crippen molar-refractivity contribution in [3.8, 4) is 11.3 Å². The van der Waals surface area contributed by atoms with Crippen LogP contribution in [0.15, 0.2) is 22.7 Å². The quantitative estimate of drug-likeness (QED) is 0.640. The molecule has 1 aliphatic heterocycles. The highest BCUT2D eigenvalue weighted by Gasteiger charge is 2.29. The zero-order valence-corrected chi connectivity index (χ0v) is 19.3. The van der Waals surface area contributed by atoms with Crippen molar-refractivity contribution in [2.75, 3.05) is 19.6 Å². The first-order chi connectivity index (χ1) is 13.4. The molecule has 1 saturated heterocycles. The Morgan fingerprint density at radius 3 is 2.60 bits per heavy atom. The van der Waals surface area contributed by atoms with E-state index in [4.69, 9.17) is 15.1 Å². The number of nitrogens with two attached hydrogens (primary N) is 1. The first-order valence-electron chi connectivity index (χ1n) is 9.84. The second-order valence-corrected chi connectivity index (χ2v) is 7.94. The molecule has 0 spiro atoms. The Kier molecular flexibility index (Phi) is 7.55. The van der Waals surface area contributed by atoms with E-state index in [0.29, 0.717) is 24.6 Å². The lowest BCUT2D eigenvalue weighted by Crippen LogP contribution is -2.30. The van der Waals surface area contributed by atoms with Crippen LogP contribution in [0.2, 0.25) is 0 Å². The average molecular weight is 454 g/mol. The van der Waals surface area contributed by atoms with Gasteiger partial charge in [0, 0.05) is 24.7 Å². The fourth-order valence-corrected chi connectivity index (χ4v) is 3.98. The summed E-state index contributed by atoms with van der Waals surface area (Å²) in [5.41, 5.74) is 8.82. The van der Waals surface area contributed by atoms with E-state index in [0.717, 1.165) is 46.8 Å². The summed E-state index contributed by atoms with van der Waals surface area (Å²) in [6.07, 6.45) is 2.71. The van der Waals surface area contributed by atoms with E-state index in [1.54, 1.807) is 6.20 Å². The molecule has 0 saturated carbocycles. The van der Waals surface area contributed by atoms with Gasteiger partial charge in [0.05, 0.1) is 22.8 Å². The Bertz CT molecular complexity index is 1040. The van der Waals surface area contributed by atoms with Gasteiger partial charge in [-0.15, -0.1) is 24.8 Å². The van der Waals surface area contributed by atoms with Gasteiger partial charge in [-0.05, 0) is 58.7 Å². The van der Waals surface area contributed by atoms with Gasteiger partial charge in [-0.25, -0.2) is 9.67 Å². The molecule has 1 amide bonds. The normalized spacial score (nSPS) is 16.1. The largest absolute Gasteiger partial charge is 0.466 e. The van der Waals surface area contributed by atoms with Gasteiger partial charge in [-0.2, -0.15) is 5.10 Å². The molecular formula is C21H29Cl2N5O2. The van der Waals surface area contributed by atoms with Gasteiger partial charge in [-0.3, -0.25) is 4.79 Å². The summed E-state index contributed by atoms with van der Waals surface area (Å²) in [5.74, 6) is 2.01. The van der Waals surface area contributed by atoms with Gasteiger partial charge >= 0.3 is 0 Å². The van der Waals surface area contributed by atoms with Gasteiger partial charge in [-0.1, -0.05) is 0 Å². The topological polar surface area (TPSA) is 90.2 Å². The zero-order valence-electron chi connectivity index (χ0n) is 17.7. The Morgan fingerprint density at radius 1 is 1.30 bits per heavy atom. The SMILES string of the molecule is Cc1cc(-c2cc(C(=O)N3CCC(CN)C3)c3cnn(C(C)C)c3n2)c(C)o1.Cl.Cl. The number of carbonyl (C=O) groups excluding carboxylic acids is 1. The van der Waals surface area contributed by atoms with E-state index in [9.17, 15) is 4.79 Å². The van der Waals surface area contributed by atoms with Crippen LogP contribution in [0.25, 0.3) is 22.3 Å². The molecule has 7 nitrogen and oxygen atoms in total. The van der Waals surface area contributed by atoms with Crippen molar-refractivity contribution in [1.82, 2.24) is 19.7 Å². The Hall–Kier alpha value is -2.09. The number of aromatic nitrogens is 3. The van der Waals surface area contributed by atoms with Crippen molar-refractivity contribution < 1.29 is 9.21 Å². The number of amides is 1. The van der Waals surface area contributed by atoms with E-state index in [1.165, 1.54) is 0 Å². The lowest BCUT2D eigenvalue weighted by molar-refractivity contribution is 0.0789. The summed E-state index contributed by atoms with van der Waals surface area (Å²) in [6.45, 7) is 10.0. The molecule has 4 heterocycles. The highest BCUT2D eigenvalue weighted by Crippen LogP contribution is 2.31. The predicted octanol–water partition coefficient (Wildman–Crippen LogP) is 4.15. The second kappa shape index (κ2) is 9.37. The number of carbonyl (C=O) groups is 1. The van der Waals surface area contributed by atoms with Crippen molar-refractivity contribution >= 4 is 41.8 Å². The third-order valence-corrected chi connectivity index (χ3v) is 5.51. The Labute approximate surface area is 188 Å². The zero-order chi connectivity index (χ0) is 20.0. The van der Waals surface area contributed by atoms with Gasteiger partial charge in [0.15, 0.2) is 5.65 Å². The van der Waals surface area contributed by atoms with Crippen molar-refractivity contribution in [3.63, 3.8) is 0 Å². The van der Waals surface area contributed by atoms with Crippen molar-refractivity contribution in [1.29, 1.82) is 0 Å². The maximum Gasteiger partial charge on any atom is 0.254 e. The number of fused-ring (bicyclic) bond motifs is 1.